The summed E-state index contributed by atoms with van der Waals surface area (Å²) in [5, 5.41) is 2.13. The zero-order valence-corrected chi connectivity index (χ0v) is 12.2. The Kier molecular flexibility index (Phi) is 4.60. The quantitative estimate of drug-likeness (QED) is 0.922. The Morgan fingerprint density at radius 1 is 1.24 bits per heavy atom. The molecule has 4 nitrogen and oxygen atoms in total. The summed E-state index contributed by atoms with van der Waals surface area (Å²) in [5.74, 6) is 0. The first-order valence-corrected chi connectivity index (χ1v) is 7.97. The van der Waals surface area contributed by atoms with Gasteiger partial charge in [-0.05, 0) is 37.7 Å². The van der Waals surface area contributed by atoms with Gasteiger partial charge in [-0.1, -0.05) is 0 Å². The van der Waals surface area contributed by atoms with Crippen LogP contribution in [0.2, 0.25) is 0 Å². The molecule has 0 aliphatic carbocycles. The van der Waals surface area contributed by atoms with E-state index in [0.29, 0.717) is 13.0 Å². The maximum absolute atomic E-state index is 12.5. The second-order valence-electron chi connectivity index (χ2n) is 4.86. The first kappa shape index (κ1) is 16.3. The van der Waals surface area contributed by atoms with E-state index in [4.69, 9.17) is 4.74 Å². The molecule has 1 heterocycles. The summed E-state index contributed by atoms with van der Waals surface area (Å²) in [6.07, 6.45) is -3.94. The molecule has 1 saturated heterocycles. The van der Waals surface area contributed by atoms with E-state index in [1.165, 1.54) is 0 Å². The molecule has 1 N–H and O–H groups in total. The minimum Gasteiger partial charge on any atom is -0.380 e. The van der Waals surface area contributed by atoms with Crippen LogP contribution in [0.4, 0.5) is 13.2 Å². The first-order valence-electron chi connectivity index (χ1n) is 6.43. The molecule has 1 fully saturated rings. The molecule has 0 amide bonds. The van der Waals surface area contributed by atoms with E-state index in [0.717, 1.165) is 24.3 Å². The van der Waals surface area contributed by atoms with Gasteiger partial charge < -0.3 is 10.1 Å². The van der Waals surface area contributed by atoms with E-state index < -0.39 is 26.8 Å². The highest BCUT2D eigenvalue weighted by Gasteiger charge is 2.37. The van der Waals surface area contributed by atoms with E-state index in [1.807, 2.05) is 0 Å². The highest BCUT2D eigenvalue weighted by atomic mass is 32.2. The van der Waals surface area contributed by atoms with Crippen LogP contribution in [0.5, 0.6) is 0 Å². The van der Waals surface area contributed by atoms with Crippen LogP contribution in [-0.2, 0) is 20.8 Å². The average Bonchev–Trinajstić information content (AvgIpc) is 2.46. The average molecular weight is 323 g/mol. The van der Waals surface area contributed by atoms with Crippen molar-refractivity contribution in [3.63, 3.8) is 0 Å². The second-order valence-corrected chi connectivity index (χ2v) is 7.03. The van der Waals surface area contributed by atoms with E-state index in [1.54, 1.807) is 7.05 Å². The van der Waals surface area contributed by atoms with Crippen LogP contribution in [0.1, 0.15) is 12.0 Å². The summed E-state index contributed by atoms with van der Waals surface area (Å²) in [7, 11) is -2.08. The lowest BCUT2D eigenvalue weighted by molar-refractivity contribution is -0.137. The summed E-state index contributed by atoms with van der Waals surface area (Å²) in [6.45, 7) is 0.499. The Labute approximate surface area is 121 Å². The molecule has 1 aliphatic heterocycles. The van der Waals surface area contributed by atoms with Crippen molar-refractivity contribution in [2.45, 2.75) is 28.8 Å². The Balaban J connectivity index is 2.31. The normalized spacial score (nSPS) is 24.0. The van der Waals surface area contributed by atoms with Crippen LogP contribution in [0.3, 0.4) is 0 Å². The van der Waals surface area contributed by atoms with Gasteiger partial charge in [0, 0.05) is 12.6 Å². The van der Waals surface area contributed by atoms with Gasteiger partial charge in [0.05, 0.1) is 17.1 Å². The smallest absolute Gasteiger partial charge is 0.380 e. The Morgan fingerprint density at radius 3 is 2.38 bits per heavy atom. The SMILES string of the molecule is CNC1CCOCC1S(=O)(=O)c1ccc(C(F)(F)F)cc1. The number of hydrogen-bond acceptors (Lipinski definition) is 4. The molecule has 0 saturated carbocycles. The van der Waals surface area contributed by atoms with Crippen LogP contribution >= 0.6 is 0 Å². The number of alkyl halides is 3. The molecule has 1 aromatic rings. The van der Waals surface area contributed by atoms with Crippen molar-refractivity contribution >= 4 is 9.84 Å². The highest BCUT2D eigenvalue weighted by Crippen LogP contribution is 2.31. The van der Waals surface area contributed by atoms with Gasteiger partial charge in [0.25, 0.3) is 0 Å². The van der Waals surface area contributed by atoms with Gasteiger partial charge in [0.2, 0.25) is 0 Å². The molecule has 2 unspecified atom stereocenters. The molecule has 0 bridgehead atoms. The van der Waals surface area contributed by atoms with Gasteiger partial charge in [0.1, 0.15) is 5.25 Å². The van der Waals surface area contributed by atoms with E-state index in [2.05, 4.69) is 5.32 Å². The second kappa shape index (κ2) is 5.94. The third-order valence-corrected chi connectivity index (χ3v) is 5.77. The third-order valence-electron chi connectivity index (χ3n) is 3.58. The van der Waals surface area contributed by atoms with E-state index in [-0.39, 0.29) is 17.5 Å². The number of rotatable bonds is 3. The molecule has 0 spiro atoms. The number of benzene rings is 1. The number of nitrogens with one attached hydrogen (secondary N) is 1. The van der Waals surface area contributed by atoms with Crippen LogP contribution in [0, 0.1) is 0 Å². The van der Waals surface area contributed by atoms with Crippen LogP contribution in [-0.4, -0.2) is 40.0 Å². The molecule has 0 radical (unpaired) electrons. The van der Waals surface area contributed by atoms with Crippen molar-refractivity contribution in [3.8, 4) is 0 Å². The molecule has 118 valence electrons. The predicted molar refractivity (Wildman–Crippen MR) is 70.7 cm³/mol. The monoisotopic (exact) mass is 323 g/mol. The highest BCUT2D eigenvalue weighted by molar-refractivity contribution is 7.92. The fourth-order valence-electron chi connectivity index (χ4n) is 2.36. The molecule has 21 heavy (non-hydrogen) atoms. The van der Waals surface area contributed by atoms with Crippen LogP contribution in [0.25, 0.3) is 0 Å². The topological polar surface area (TPSA) is 55.4 Å². The molecule has 2 atom stereocenters. The third kappa shape index (κ3) is 3.38. The molecule has 8 heteroatoms. The van der Waals surface area contributed by atoms with Crippen molar-refractivity contribution in [1.29, 1.82) is 0 Å². The van der Waals surface area contributed by atoms with Crippen LogP contribution in [0.15, 0.2) is 29.2 Å². The predicted octanol–water partition coefficient (Wildman–Crippen LogP) is 1.86. The molecule has 1 aliphatic rings. The lowest BCUT2D eigenvalue weighted by Crippen LogP contribution is -2.49. The molecule has 1 aromatic carbocycles. The summed E-state index contributed by atoms with van der Waals surface area (Å²) < 4.78 is 67.8. The zero-order valence-electron chi connectivity index (χ0n) is 11.4. The number of sulfone groups is 1. The zero-order chi connectivity index (χ0) is 15.7. The number of halogens is 3. The summed E-state index contributed by atoms with van der Waals surface area (Å²) >= 11 is 0. The van der Waals surface area contributed by atoms with Gasteiger partial charge in [-0.15, -0.1) is 0 Å². The Bertz CT molecular complexity index is 584. The Hall–Kier alpha value is -1.12. The van der Waals surface area contributed by atoms with E-state index >= 15 is 0 Å². The number of hydrogen-bond donors (Lipinski definition) is 1. The fourth-order valence-corrected chi connectivity index (χ4v) is 4.20. The minimum atomic E-state index is -4.48. The molecular formula is C13H16F3NO3S. The summed E-state index contributed by atoms with van der Waals surface area (Å²) in [5.41, 5.74) is -0.869. The summed E-state index contributed by atoms with van der Waals surface area (Å²) in [4.78, 5) is -0.119. The maximum atomic E-state index is 12.5. The molecule has 0 aromatic heterocycles. The van der Waals surface area contributed by atoms with Gasteiger partial charge >= 0.3 is 6.18 Å². The number of ether oxygens (including phenoxy) is 1. The first-order chi connectivity index (χ1) is 9.76. The lowest BCUT2D eigenvalue weighted by Gasteiger charge is -2.30. The molecule has 2 rings (SSSR count). The van der Waals surface area contributed by atoms with Gasteiger partial charge in [-0.2, -0.15) is 13.2 Å². The van der Waals surface area contributed by atoms with E-state index in [9.17, 15) is 21.6 Å². The maximum Gasteiger partial charge on any atom is 0.416 e. The van der Waals surface area contributed by atoms with Gasteiger partial charge in [-0.25, -0.2) is 8.42 Å². The van der Waals surface area contributed by atoms with Gasteiger partial charge in [0.15, 0.2) is 9.84 Å². The standard InChI is InChI=1S/C13H16F3NO3S/c1-17-11-6-7-20-8-12(11)21(18,19)10-4-2-9(3-5-10)13(14,15)16/h2-5,11-12,17H,6-8H2,1H3. The lowest BCUT2D eigenvalue weighted by atomic mass is 10.1. The van der Waals surface area contributed by atoms with Crippen LogP contribution < -0.4 is 5.32 Å². The van der Waals surface area contributed by atoms with Crippen molar-refractivity contribution in [3.05, 3.63) is 29.8 Å². The van der Waals surface area contributed by atoms with Crippen molar-refractivity contribution in [2.75, 3.05) is 20.3 Å². The molecular weight excluding hydrogens is 307 g/mol. The Morgan fingerprint density at radius 2 is 1.86 bits per heavy atom. The summed E-state index contributed by atoms with van der Waals surface area (Å²) in [6, 6.07) is 3.29. The van der Waals surface area contributed by atoms with Crippen molar-refractivity contribution in [2.24, 2.45) is 0 Å². The van der Waals surface area contributed by atoms with Crippen molar-refractivity contribution < 1.29 is 26.3 Å². The largest absolute Gasteiger partial charge is 0.416 e. The van der Waals surface area contributed by atoms with Crippen molar-refractivity contribution in [1.82, 2.24) is 5.32 Å². The fraction of sp³-hybridized carbons (Fsp3) is 0.538. The minimum absolute atomic E-state index is 0.0366. The van der Waals surface area contributed by atoms with Gasteiger partial charge in [-0.3, -0.25) is 0 Å².